The Hall–Kier alpha value is -2.72. The molecule has 3 heterocycles. The second-order valence-electron chi connectivity index (χ2n) is 7.42. The van der Waals surface area contributed by atoms with Crippen molar-refractivity contribution in [3.8, 4) is 0 Å². The summed E-state index contributed by atoms with van der Waals surface area (Å²) in [5.74, 6) is 0.550. The first-order valence-electron chi connectivity index (χ1n) is 10.5. The number of anilines is 1. The predicted octanol–water partition coefficient (Wildman–Crippen LogP) is 1.19. The molecule has 0 aromatic carbocycles. The molecule has 9 nitrogen and oxygen atoms in total. The Labute approximate surface area is 182 Å². The van der Waals surface area contributed by atoms with Crippen molar-refractivity contribution in [3.63, 3.8) is 0 Å². The zero-order valence-electron chi connectivity index (χ0n) is 18.0. The summed E-state index contributed by atoms with van der Waals surface area (Å²) in [6.07, 6.45) is 5.31. The van der Waals surface area contributed by atoms with Crippen LogP contribution in [-0.2, 0) is 27.9 Å². The highest BCUT2D eigenvalue weighted by Gasteiger charge is 2.22. The molecule has 0 radical (unpaired) electrons. The number of hydrogen-bond acceptors (Lipinski definition) is 6. The Morgan fingerprint density at radius 2 is 1.84 bits per heavy atom. The summed E-state index contributed by atoms with van der Waals surface area (Å²) >= 11 is 0. The molecule has 1 amide bonds. The van der Waals surface area contributed by atoms with E-state index in [9.17, 15) is 18.0 Å². The van der Waals surface area contributed by atoms with E-state index < -0.39 is 15.6 Å². The lowest BCUT2D eigenvalue weighted by Crippen LogP contribution is -2.34. The maximum absolute atomic E-state index is 12.7. The highest BCUT2D eigenvalue weighted by molar-refractivity contribution is 7.89. The lowest BCUT2D eigenvalue weighted by atomic mass is 10.2. The fraction of sp³-hybridized carbons (Fsp3) is 0.476. The number of carbonyl (C=O) groups excluding carboxylic acids is 1. The van der Waals surface area contributed by atoms with E-state index in [2.05, 4.69) is 15.2 Å². The lowest BCUT2D eigenvalue weighted by Gasteiger charge is -2.19. The van der Waals surface area contributed by atoms with Crippen LogP contribution in [-0.4, -0.2) is 54.4 Å². The Bertz CT molecular complexity index is 1060. The third-order valence-corrected chi connectivity index (χ3v) is 7.38. The number of aromatic nitrogens is 2. The second-order valence-corrected chi connectivity index (χ2v) is 9.35. The largest absolute Gasteiger partial charge is 0.357 e. The van der Waals surface area contributed by atoms with Crippen LogP contribution in [0.4, 0.5) is 5.82 Å². The summed E-state index contributed by atoms with van der Waals surface area (Å²) in [6.45, 7) is 6.18. The minimum atomic E-state index is -3.71. The first-order chi connectivity index (χ1) is 14.8. The van der Waals surface area contributed by atoms with E-state index in [1.807, 2.05) is 12.1 Å². The number of pyridine rings is 2. The SMILES string of the molecule is CCN(CC)S(=O)(=O)c1ccc(=O)n(CC(=O)NCc2ccc(N3CCCC3)nc2)c1. The number of carbonyl (C=O) groups is 1. The van der Waals surface area contributed by atoms with E-state index in [1.54, 1.807) is 20.0 Å². The predicted molar refractivity (Wildman–Crippen MR) is 118 cm³/mol. The van der Waals surface area contributed by atoms with Crippen LogP contribution in [0.2, 0.25) is 0 Å². The van der Waals surface area contributed by atoms with Crippen LogP contribution in [0.3, 0.4) is 0 Å². The molecule has 0 atom stereocenters. The third kappa shape index (κ3) is 5.50. The molecule has 10 heteroatoms. The highest BCUT2D eigenvalue weighted by atomic mass is 32.2. The van der Waals surface area contributed by atoms with Gasteiger partial charge < -0.3 is 14.8 Å². The quantitative estimate of drug-likeness (QED) is 0.619. The van der Waals surface area contributed by atoms with Crippen LogP contribution >= 0.6 is 0 Å². The van der Waals surface area contributed by atoms with Gasteiger partial charge in [0.2, 0.25) is 15.9 Å². The molecule has 2 aromatic rings. The van der Waals surface area contributed by atoms with E-state index in [0.717, 1.165) is 29.0 Å². The number of sulfonamides is 1. The average Bonchev–Trinajstić information content (AvgIpc) is 3.30. The molecule has 0 saturated carbocycles. The van der Waals surface area contributed by atoms with Crippen molar-refractivity contribution < 1.29 is 13.2 Å². The van der Waals surface area contributed by atoms with Gasteiger partial charge in [-0.25, -0.2) is 13.4 Å². The molecule has 1 aliphatic rings. The van der Waals surface area contributed by atoms with Crippen LogP contribution in [0.5, 0.6) is 0 Å². The normalized spacial score (nSPS) is 14.2. The summed E-state index contributed by atoms with van der Waals surface area (Å²) in [4.78, 5) is 31.2. The standard InChI is InChI=1S/C21H29N5O4S/c1-3-26(4-2)31(29,30)18-8-10-21(28)25(15-18)16-20(27)23-14-17-7-9-19(22-13-17)24-11-5-6-12-24/h7-10,13,15H,3-6,11-12,14,16H2,1-2H3,(H,23,27). The Balaban J connectivity index is 1.63. The van der Waals surface area contributed by atoms with Gasteiger partial charge in [-0.2, -0.15) is 4.31 Å². The first kappa shape index (κ1) is 23.0. The zero-order chi connectivity index (χ0) is 22.4. The molecule has 1 saturated heterocycles. The van der Waals surface area contributed by atoms with Gasteiger partial charge in [0.1, 0.15) is 12.4 Å². The molecule has 31 heavy (non-hydrogen) atoms. The van der Waals surface area contributed by atoms with Crippen LogP contribution in [0.1, 0.15) is 32.3 Å². The smallest absolute Gasteiger partial charge is 0.251 e. The number of rotatable bonds is 9. The van der Waals surface area contributed by atoms with Crippen molar-refractivity contribution in [2.24, 2.45) is 0 Å². The van der Waals surface area contributed by atoms with E-state index in [0.29, 0.717) is 13.1 Å². The molecule has 0 unspecified atom stereocenters. The van der Waals surface area contributed by atoms with Gasteiger partial charge in [0.25, 0.3) is 5.56 Å². The second kappa shape index (κ2) is 10.1. The van der Waals surface area contributed by atoms with Gasteiger partial charge in [-0.05, 0) is 30.5 Å². The Morgan fingerprint density at radius 1 is 1.13 bits per heavy atom. The molecule has 0 spiro atoms. The van der Waals surface area contributed by atoms with Crippen LogP contribution in [0.15, 0.2) is 46.3 Å². The molecule has 2 aromatic heterocycles. The molecule has 0 bridgehead atoms. The van der Waals surface area contributed by atoms with Crippen LogP contribution in [0.25, 0.3) is 0 Å². The molecule has 168 valence electrons. The van der Waals surface area contributed by atoms with Gasteiger partial charge in [0.05, 0.1) is 4.90 Å². The van der Waals surface area contributed by atoms with E-state index in [1.165, 1.54) is 35.5 Å². The van der Waals surface area contributed by atoms with Crippen molar-refractivity contribution in [2.45, 2.75) is 44.7 Å². The number of amides is 1. The van der Waals surface area contributed by atoms with E-state index in [-0.39, 0.29) is 23.9 Å². The number of hydrogen-bond donors (Lipinski definition) is 1. The van der Waals surface area contributed by atoms with Gasteiger partial charge in [-0.3, -0.25) is 9.59 Å². The summed E-state index contributed by atoms with van der Waals surface area (Å²) in [5, 5.41) is 2.75. The van der Waals surface area contributed by atoms with Crippen molar-refractivity contribution >= 4 is 21.7 Å². The van der Waals surface area contributed by atoms with Crippen LogP contribution < -0.4 is 15.8 Å². The van der Waals surface area contributed by atoms with Gasteiger partial charge in [-0.15, -0.1) is 0 Å². The summed E-state index contributed by atoms with van der Waals surface area (Å²) in [5.41, 5.74) is 0.409. The maximum Gasteiger partial charge on any atom is 0.251 e. The molecule has 3 rings (SSSR count). The van der Waals surface area contributed by atoms with Gasteiger partial charge in [0, 0.05) is 51.2 Å². The minimum Gasteiger partial charge on any atom is -0.357 e. The Kier molecular flexibility index (Phi) is 7.45. The number of nitrogens with zero attached hydrogens (tertiary/aromatic N) is 4. The highest BCUT2D eigenvalue weighted by Crippen LogP contribution is 2.17. The van der Waals surface area contributed by atoms with Crippen molar-refractivity contribution in [1.82, 2.24) is 19.2 Å². The summed E-state index contributed by atoms with van der Waals surface area (Å²) in [6, 6.07) is 6.31. The summed E-state index contributed by atoms with van der Waals surface area (Å²) in [7, 11) is -3.71. The third-order valence-electron chi connectivity index (χ3n) is 5.34. The van der Waals surface area contributed by atoms with E-state index >= 15 is 0 Å². The Morgan fingerprint density at radius 3 is 2.45 bits per heavy atom. The number of nitrogens with one attached hydrogen (secondary N) is 1. The summed E-state index contributed by atoms with van der Waals surface area (Å²) < 4.78 is 27.8. The topological polar surface area (TPSA) is 105 Å². The molecule has 1 fully saturated rings. The van der Waals surface area contributed by atoms with Crippen molar-refractivity contribution in [1.29, 1.82) is 0 Å². The fourth-order valence-corrected chi connectivity index (χ4v) is 5.04. The molecular formula is C21H29N5O4S. The monoisotopic (exact) mass is 447 g/mol. The van der Waals surface area contributed by atoms with Crippen LogP contribution in [0, 0.1) is 0 Å². The average molecular weight is 448 g/mol. The minimum absolute atomic E-state index is 0.00898. The first-order valence-corrected chi connectivity index (χ1v) is 12.0. The molecule has 1 N–H and O–H groups in total. The molecule has 0 aliphatic carbocycles. The van der Waals surface area contributed by atoms with Gasteiger partial charge in [-0.1, -0.05) is 19.9 Å². The van der Waals surface area contributed by atoms with Crippen molar-refractivity contribution in [3.05, 3.63) is 52.6 Å². The maximum atomic E-state index is 12.7. The van der Waals surface area contributed by atoms with E-state index in [4.69, 9.17) is 0 Å². The fourth-order valence-electron chi connectivity index (χ4n) is 3.56. The zero-order valence-corrected chi connectivity index (χ0v) is 18.8. The molecular weight excluding hydrogens is 418 g/mol. The van der Waals surface area contributed by atoms with Gasteiger partial charge in [0.15, 0.2) is 0 Å². The van der Waals surface area contributed by atoms with Crippen molar-refractivity contribution in [2.75, 3.05) is 31.1 Å². The lowest BCUT2D eigenvalue weighted by molar-refractivity contribution is -0.121. The van der Waals surface area contributed by atoms with Gasteiger partial charge >= 0.3 is 0 Å². The molecule has 1 aliphatic heterocycles.